The molecule has 1 atom stereocenters. The SMILES string of the molecule is CC1C(Sc2ccccc2[N+](=O)[O-])=Nc2cccc(Br)c21. The molecular formula is C15H11BrN2O2S. The van der Waals surface area contributed by atoms with E-state index in [4.69, 9.17) is 0 Å². The van der Waals surface area contributed by atoms with Gasteiger partial charge >= 0.3 is 0 Å². The Hall–Kier alpha value is -1.66. The van der Waals surface area contributed by atoms with Crippen LogP contribution in [0.4, 0.5) is 11.4 Å². The number of rotatable bonds is 2. The van der Waals surface area contributed by atoms with Crippen LogP contribution < -0.4 is 0 Å². The van der Waals surface area contributed by atoms with Gasteiger partial charge in [-0.3, -0.25) is 10.1 Å². The predicted octanol–water partition coefficient (Wildman–Crippen LogP) is 5.30. The third-order valence-corrected chi connectivity index (χ3v) is 5.25. The Labute approximate surface area is 134 Å². The lowest BCUT2D eigenvalue weighted by Gasteiger charge is -2.10. The fourth-order valence-corrected chi connectivity index (χ4v) is 4.07. The summed E-state index contributed by atoms with van der Waals surface area (Å²) in [6.07, 6.45) is 0. The summed E-state index contributed by atoms with van der Waals surface area (Å²) in [5, 5.41) is 12.0. The third-order valence-electron chi connectivity index (χ3n) is 3.34. The molecule has 2 aromatic carbocycles. The fraction of sp³-hybridized carbons (Fsp3) is 0.133. The minimum Gasteiger partial charge on any atom is -0.258 e. The molecule has 0 spiro atoms. The van der Waals surface area contributed by atoms with Crippen molar-refractivity contribution in [3.05, 3.63) is 62.6 Å². The van der Waals surface area contributed by atoms with Crippen LogP contribution in [0, 0.1) is 10.1 Å². The molecule has 1 heterocycles. The highest BCUT2D eigenvalue weighted by molar-refractivity contribution is 9.10. The molecule has 106 valence electrons. The number of nitro benzene ring substituents is 1. The number of para-hydroxylation sites is 1. The van der Waals surface area contributed by atoms with Gasteiger partial charge < -0.3 is 0 Å². The molecule has 0 N–H and O–H groups in total. The molecule has 0 radical (unpaired) electrons. The summed E-state index contributed by atoms with van der Waals surface area (Å²) in [5.41, 5.74) is 2.18. The molecular weight excluding hydrogens is 352 g/mol. The lowest BCUT2D eigenvalue weighted by atomic mass is 10.0. The Morgan fingerprint density at radius 1 is 1.24 bits per heavy atom. The second-order valence-electron chi connectivity index (χ2n) is 4.67. The molecule has 1 unspecified atom stereocenters. The number of benzene rings is 2. The van der Waals surface area contributed by atoms with E-state index in [0.717, 1.165) is 20.8 Å². The first kappa shape index (κ1) is 14.3. The minimum absolute atomic E-state index is 0.118. The van der Waals surface area contributed by atoms with Gasteiger partial charge in [-0.1, -0.05) is 52.8 Å². The minimum atomic E-state index is -0.356. The van der Waals surface area contributed by atoms with Gasteiger partial charge in [0, 0.05) is 22.0 Å². The van der Waals surface area contributed by atoms with Crippen molar-refractivity contribution in [1.82, 2.24) is 0 Å². The maximum absolute atomic E-state index is 11.1. The summed E-state index contributed by atoms with van der Waals surface area (Å²) in [6, 6.07) is 12.7. The molecule has 0 aliphatic carbocycles. The van der Waals surface area contributed by atoms with E-state index in [9.17, 15) is 10.1 Å². The zero-order valence-corrected chi connectivity index (χ0v) is 13.5. The molecule has 0 bridgehead atoms. The van der Waals surface area contributed by atoms with Gasteiger partial charge in [0.15, 0.2) is 0 Å². The molecule has 4 nitrogen and oxygen atoms in total. The van der Waals surface area contributed by atoms with Gasteiger partial charge in [0.25, 0.3) is 5.69 Å². The Balaban J connectivity index is 1.95. The van der Waals surface area contributed by atoms with Crippen molar-refractivity contribution >= 4 is 44.1 Å². The average Bonchev–Trinajstić information content (AvgIpc) is 2.77. The van der Waals surface area contributed by atoms with E-state index in [1.54, 1.807) is 18.2 Å². The molecule has 3 rings (SSSR count). The number of fused-ring (bicyclic) bond motifs is 1. The second-order valence-corrected chi connectivity index (χ2v) is 6.59. The van der Waals surface area contributed by atoms with Crippen LogP contribution in [-0.2, 0) is 0 Å². The number of hydrogen-bond donors (Lipinski definition) is 0. The van der Waals surface area contributed by atoms with E-state index in [2.05, 4.69) is 27.8 Å². The fourth-order valence-electron chi connectivity index (χ4n) is 2.31. The smallest absolute Gasteiger partial charge is 0.258 e. The first-order valence-electron chi connectivity index (χ1n) is 6.36. The monoisotopic (exact) mass is 362 g/mol. The molecule has 1 aliphatic rings. The van der Waals surface area contributed by atoms with Crippen LogP contribution in [0.15, 0.2) is 56.8 Å². The summed E-state index contributed by atoms with van der Waals surface area (Å²) < 4.78 is 1.02. The van der Waals surface area contributed by atoms with Gasteiger partial charge in [-0.15, -0.1) is 0 Å². The maximum Gasteiger partial charge on any atom is 0.283 e. The molecule has 21 heavy (non-hydrogen) atoms. The molecule has 0 amide bonds. The van der Waals surface area contributed by atoms with Gasteiger partial charge in [-0.25, -0.2) is 4.99 Å². The zero-order valence-electron chi connectivity index (χ0n) is 11.1. The summed E-state index contributed by atoms with van der Waals surface area (Å²) in [7, 11) is 0. The Morgan fingerprint density at radius 2 is 2.00 bits per heavy atom. The quantitative estimate of drug-likeness (QED) is 0.538. The normalized spacial score (nSPS) is 16.5. The third kappa shape index (κ3) is 2.61. The standard InChI is InChI=1S/C15H11BrN2O2S/c1-9-14-10(16)5-4-6-11(14)17-15(9)21-13-8-3-2-7-12(13)18(19)20/h2-9H,1H3. The Morgan fingerprint density at radius 3 is 2.71 bits per heavy atom. The summed E-state index contributed by atoms with van der Waals surface area (Å²) in [4.78, 5) is 16.0. The Bertz CT molecular complexity index is 761. The maximum atomic E-state index is 11.1. The number of aliphatic imine (C=N–C) groups is 1. The van der Waals surface area contributed by atoms with E-state index in [1.165, 1.54) is 17.8 Å². The van der Waals surface area contributed by atoms with E-state index in [-0.39, 0.29) is 16.5 Å². The van der Waals surface area contributed by atoms with Gasteiger partial charge in [-0.05, 0) is 18.2 Å². The largest absolute Gasteiger partial charge is 0.283 e. The van der Waals surface area contributed by atoms with Crippen LogP contribution in [-0.4, -0.2) is 9.97 Å². The number of thioether (sulfide) groups is 1. The van der Waals surface area contributed by atoms with E-state index in [1.807, 2.05) is 18.2 Å². The average molecular weight is 363 g/mol. The highest BCUT2D eigenvalue weighted by Gasteiger charge is 2.27. The molecule has 1 aliphatic heterocycles. The van der Waals surface area contributed by atoms with Crippen LogP contribution in [0.25, 0.3) is 0 Å². The lowest BCUT2D eigenvalue weighted by molar-refractivity contribution is -0.387. The van der Waals surface area contributed by atoms with Crippen LogP contribution >= 0.6 is 27.7 Å². The topological polar surface area (TPSA) is 55.5 Å². The molecule has 0 saturated heterocycles. The lowest BCUT2D eigenvalue weighted by Crippen LogP contribution is -2.01. The molecule has 0 aromatic heterocycles. The van der Waals surface area contributed by atoms with Crippen molar-refractivity contribution in [2.24, 2.45) is 4.99 Å². The van der Waals surface area contributed by atoms with Gasteiger partial charge in [-0.2, -0.15) is 0 Å². The summed E-state index contributed by atoms with van der Waals surface area (Å²) in [5.74, 6) is 0.125. The summed E-state index contributed by atoms with van der Waals surface area (Å²) >= 11 is 4.91. The van der Waals surface area contributed by atoms with Crippen molar-refractivity contribution in [3.8, 4) is 0 Å². The van der Waals surface area contributed by atoms with Crippen molar-refractivity contribution in [1.29, 1.82) is 0 Å². The first-order chi connectivity index (χ1) is 10.1. The highest BCUT2D eigenvalue weighted by atomic mass is 79.9. The van der Waals surface area contributed by atoms with Gasteiger partial charge in [0.2, 0.25) is 0 Å². The van der Waals surface area contributed by atoms with Crippen LogP contribution in [0.2, 0.25) is 0 Å². The first-order valence-corrected chi connectivity index (χ1v) is 7.97. The molecule has 6 heteroatoms. The van der Waals surface area contributed by atoms with Crippen molar-refractivity contribution in [2.75, 3.05) is 0 Å². The van der Waals surface area contributed by atoms with Crippen LogP contribution in [0.5, 0.6) is 0 Å². The van der Waals surface area contributed by atoms with Crippen LogP contribution in [0.3, 0.4) is 0 Å². The molecule has 2 aromatic rings. The predicted molar refractivity (Wildman–Crippen MR) is 88.6 cm³/mol. The number of nitro groups is 1. The molecule has 0 saturated carbocycles. The van der Waals surface area contributed by atoms with E-state index in [0.29, 0.717) is 4.90 Å². The van der Waals surface area contributed by atoms with Gasteiger partial charge in [0.1, 0.15) is 0 Å². The second kappa shape index (κ2) is 5.61. The Kier molecular flexibility index (Phi) is 3.82. The number of nitrogens with zero attached hydrogens (tertiary/aromatic N) is 2. The number of hydrogen-bond acceptors (Lipinski definition) is 4. The van der Waals surface area contributed by atoms with E-state index >= 15 is 0 Å². The van der Waals surface area contributed by atoms with E-state index < -0.39 is 0 Å². The van der Waals surface area contributed by atoms with Crippen molar-refractivity contribution in [2.45, 2.75) is 17.7 Å². The molecule has 0 fully saturated rings. The summed E-state index contributed by atoms with van der Waals surface area (Å²) in [6.45, 7) is 2.07. The number of halogens is 1. The van der Waals surface area contributed by atoms with Crippen molar-refractivity contribution < 1.29 is 4.92 Å². The van der Waals surface area contributed by atoms with Crippen molar-refractivity contribution in [3.63, 3.8) is 0 Å². The zero-order chi connectivity index (χ0) is 15.0. The van der Waals surface area contributed by atoms with Crippen LogP contribution in [0.1, 0.15) is 18.4 Å². The highest BCUT2D eigenvalue weighted by Crippen LogP contribution is 2.45. The van der Waals surface area contributed by atoms with Gasteiger partial charge in [0.05, 0.1) is 20.5 Å².